The van der Waals surface area contributed by atoms with E-state index in [1.165, 1.54) is 11.1 Å². The van der Waals surface area contributed by atoms with Crippen LogP contribution in [0.25, 0.3) is 0 Å². The summed E-state index contributed by atoms with van der Waals surface area (Å²) in [6, 6.07) is 21.1. The Kier molecular flexibility index (Phi) is 9.51. The Labute approximate surface area is 266 Å². The Bertz CT molecular complexity index is 1540. The van der Waals surface area contributed by atoms with E-state index in [4.69, 9.17) is 9.47 Å². The molecule has 1 saturated carbocycles. The number of piperidine rings is 1. The van der Waals surface area contributed by atoms with Crippen LogP contribution >= 0.6 is 0 Å². The summed E-state index contributed by atoms with van der Waals surface area (Å²) < 4.78 is 10.9. The Morgan fingerprint density at radius 2 is 1.67 bits per heavy atom. The van der Waals surface area contributed by atoms with Gasteiger partial charge in [0.25, 0.3) is 5.91 Å². The zero-order chi connectivity index (χ0) is 32.3. The molecular formula is C37H45N3O5. The van der Waals surface area contributed by atoms with E-state index >= 15 is 0 Å². The number of rotatable bonds is 8. The van der Waals surface area contributed by atoms with Gasteiger partial charge in [0.2, 0.25) is 5.91 Å². The van der Waals surface area contributed by atoms with Crippen LogP contribution in [-0.2, 0) is 16.1 Å². The van der Waals surface area contributed by atoms with E-state index in [0.29, 0.717) is 36.5 Å². The molecule has 3 aromatic carbocycles. The van der Waals surface area contributed by atoms with Crippen LogP contribution in [-0.4, -0.2) is 59.5 Å². The summed E-state index contributed by atoms with van der Waals surface area (Å²) in [7, 11) is 1.60. The standard InChI is InChI=1S/C37H45N3O5/c1-24-9-7-12-28(25(24)2)22-40(30-15-16-30)35(42)33-23-39(36(43)45-37(3,4)5)20-19-32(33)26-10-8-11-27(21-26)34(41)38-29-13-17-31(44-6)18-14-29/h7-14,17-18,21,30,32-33H,15-16,19-20,22-23H2,1-6H3,(H,38,41)/t32-,33+/m1/s1. The lowest BCUT2D eigenvalue weighted by molar-refractivity contribution is -0.139. The molecule has 3 aromatic rings. The van der Waals surface area contributed by atoms with Gasteiger partial charge >= 0.3 is 6.09 Å². The molecule has 238 valence electrons. The highest BCUT2D eigenvalue weighted by Crippen LogP contribution is 2.39. The number of benzene rings is 3. The van der Waals surface area contributed by atoms with Gasteiger partial charge in [-0.05, 0) is 118 Å². The van der Waals surface area contributed by atoms with Crippen molar-refractivity contribution in [3.63, 3.8) is 0 Å². The first-order chi connectivity index (χ1) is 21.4. The molecule has 2 atom stereocenters. The van der Waals surface area contributed by atoms with E-state index in [1.807, 2.05) is 49.9 Å². The number of methoxy groups -OCH3 is 1. The zero-order valence-electron chi connectivity index (χ0n) is 27.3. The Hall–Kier alpha value is -4.33. The van der Waals surface area contributed by atoms with Gasteiger partial charge in [-0.25, -0.2) is 4.79 Å². The topological polar surface area (TPSA) is 88.2 Å². The SMILES string of the molecule is COc1ccc(NC(=O)c2cccc([C@H]3CCN(C(=O)OC(C)(C)C)C[C@@H]3C(=O)N(Cc3cccc(C)c3C)C3CC3)c2)cc1. The lowest BCUT2D eigenvalue weighted by Crippen LogP contribution is -2.51. The number of carbonyl (C=O) groups is 3. The summed E-state index contributed by atoms with van der Waals surface area (Å²) >= 11 is 0. The van der Waals surface area contributed by atoms with E-state index in [2.05, 4.69) is 31.3 Å². The minimum atomic E-state index is -0.637. The second kappa shape index (κ2) is 13.3. The van der Waals surface area contributed by atoms with Gasteiger partial charge in [-0.1, -0.05) is 30.3 Å². The Balaban J connectivity index is 1.42. The van der Waals surface area contributed by atoms with E-state index in [-0.39, 0.29) is 30.3 Å². The molecule has 2 aliphatic rings. The van der Waals surface area contributed by atoms with Gasteiger partial charge < -0.3 is 24.6 Å². The number of ether oxygens (including phenoxy) is 2. The van der Waals surface area contributed by atoms with Gasteiger partial charge in [-0.15, -0.1) is 0 Å². The molecule has 0 radical (unpaired) electrons. The molecule has 0 aromatic heterocycles. The molecule has 2 fully saturated rings. The van der Waals surface area contributed by atoms with E-state index < -0.39 is 17.6 Å². The molecule has 1 heterocycles. The van der Waals surface area contributed by atoms with E-state index in [9.17, 15) is 14.4 Å². The Morgan fingerprint density at radius 1 is 0.956 bits per heavy atom. The molecule has 1 aliphatic heterocycles. The second-order valence-electron chi connectivity index (χ2n) is 13.3. The maximum Gasteiger partial charge on any atom is 0.410 e. The largest absolute Gasteiger partial charge is 0.497 e. The van der Waals surface area contributed by atoms with Crippen molar-refractivity contribution in [1.29, 1.82) is 0 Å². The van der Waals surface area contributed by atoms with Gasteiger partial charge in [-0.3, -0.25) is 9.59 Å². The van der Waals surface area contributed by atoms with Crippen molar-refractivity contribution < 1.29 is 23.9 Å². The van der Waals surface area contributed by atoms with Gasteiger partial charge in [0.05, 0.1) is 13.0 Å². The van der Waals surface area contributed by atoms with Crippen LogP contribution in [0.5, 0.6) is 5.75 Å². The van der Waals surface area contributed by atoms with E-state index in [1.54, 1.807) is 42.3 Å². The van der Waals surface area contributed by atoms with Gasteiger partial charge in [0.1, 0.15) is 11.4 Å². The predicted octanol–water partition coefficient (Wildman–Crippen LogP) is 7.10. The minimum absolute atomic E-state index is 0.0461. The summed E-state index contributed by atoms with van der Waals surface area (Å²) in [6.45, 7) is 11.0. The van der Waals surface area contributed by atoms with Crippen LogP contribution < -0.4 is 10.1 Å². The van der Waals surface area contributed by atoms with E-state index in [0.717, 1.165) is 24.0 Å². The second-order valence-corrected chi connectivity index (χ2v) is 13.3. The third-order valence-electron chi connectivity index (χ3n) is 8.83. The molecule has 45 heavy (non-hydrogen) atoms. The molecule has 8 nitrogen and oxygen atoms in total. The lowest BCUT2D eigenvalue weighted by atomic mass is 9.79. The van der Waals surface area contributed by atoms with Gasteiger partial charge in [0, 0.05) is 36.9 Å². The first kappa shape index (κ1) is 32.1. The third kappa shape index (κ3) is 7.85. The van der Waals surface area contributed by atoms with Crippen molar-refractivity contribution in [2.45, 2.75) is 78.0 Å². The average molecular weight is 612 g/mol. The number of hydrogen-bond acceptors (Lipinski definition) is 5. The summed E-state index contributed by atoms with van der Waals surface area (Å²) in [5, 5.41) is 2.96. The van der Waals surface area contributed by atoms with Crippen LogP contribution in [0, 0.1) is 19.8 Å². The highest BCUT2D eigenvalue weighted by atomic mass is 16.6. The molecule has 8 heteroatoms. The first-order valence-corrected chi connectivity index (χ1v) is 15.8. The fourth-order valence-corrected chi connectivity index (χ4v) is 6.03. The van der Waals surface area contributed by atoms with Crippen molar-refractivity contribution in [2.75, 3.05) is 25.5 Å². The Morgan fingerprint density at radius 3 is 2.33 bits per heavy atom. The molecule has 0 bridgehead atoms. The van der Waals surface area contributed by atoms with Gasteiger partial charge in [-0.2, -0.15) is 0 Å². The van der Waals surface area contributed by atoms with Crippen LogP contribution in [0.15, 0.2) is 66.7 Å². The van der Waals surface area contributed by atoms with Crippen molar-refractivity contribution in [1.82, 2.24) is 9.80 Å². The highest BCUT2D eigenvalue weighted by Gasteiger charge is 2.43. The molecule has 3 amide bonds. The summed E-state index contributed by atoms with van der Waals surface area (Å²) in [4.78, 5) is 44.8. The summed E-state index contributed by atoms with van der Waals surface area (Å²) in [5.74, 6) is -0.113. The summed E-state index contributed by atoms with van der Waals surface area (Å²) in [6.07, 6.45) is 2.13. The third-order valence-corrected chi connectivity index (χ3v) is 8.83. The fraction of sp³-hybridized carbons (Fsp3) is 0.432. The number of carbonyl (C=O) groups excluding carboxylic acids is 3. The minimum Gasteiger partial charge on any atom is -0.497 e. The van der Waals surface area contributed by atoms with Crippen molar-refractivity contribution in [3.05, 3.63) is 94.5 Å². The molecular weight excluding hydrogens is 566 g/mol. The average Bonchev–Trinajstić information content (AvgIpc) is 3.86. The molecule has 1 saturated heterocycles. The van der Waals surface area contributed by atoms with Crippen molar-refractivity contribution in [2.24, 2.45) is 5.92 Å². The lowest BCUT2D eigenvalue weighted by Gasteiger charge is -2.40. The van der Waals surface area contributed by atoms with Crippen LogP contribution in [0.4, 0.5) is 10.5 Å². The number of amides is 3. The monoisotopic (exact) mass is 611 g/mol. The zero-order valence-corrected chi connectivity index (χ0v) is 27.3. The quantitative estimate of drug-likeness (QED) is 0.294. The number of anilines is 1. The van der Waals surface area contributed by atoms with Crippen molar-refractivity contribution >= 4 is 23.6 Å². The van der Waals surface area contributed by atoms with Crippen LogP contribution in [0.1, 0.15) is 78.6 Å². The predicted molar refractivity (Wildman–Crippen MR) is 176 cm³/mol. The number of aryl methyl sites for hydroxylation is 1. The van der Waals surface area contributed by atoms with Crippen LogP contribution in [0.2, 0.25) is 0 Å². The molecule has 0 unspecified atom stereocenters. The molecule has 0 spiro atoms. The fourth-order valence-electron chi connectivity index (χ4n) is 6.03. The smallest absolute Gasteiger partial charge is 0.410 e. The van der Waals surface area contributed by atoms with Crippen LogP contribution in [0.3, 0.4) is 0 Å². The molecule has 1 aliphatic carbocycles. The highest BCUT2D eigenvalue weighted by molar-refractivity contribution is 6.04. The number of hydrogen-bond donors (Lipinski definition) is 1. The number of likely N-dealkylation sites (tertiary alicyclic amines) is 1. The maximum absolute atomic E-state index is 14.6. The number of nitrogens with one attached hydrogen (secondary N) is 1. The molecule has 5 rings (SSSR count). The summed E-state index contributed by atoms with van der Waals surface area (Å²) in [5.41, 5.74) is 5.00. The first-order valence-electron chi connectivity index (χ1n) is 15.8. The maximum atomic E-state index is 14.6. The van der Waals surface area contributed by atoms with Gasteiger partial charge in [0.15, 0.2) is 0 Å². The van der Waals surface area contributed by atoms with Crippen molar-refractivity contribution in [3.8, 4) is 5.75 Å². The molecule has 1 N–H and O–H groups in total. The number of nitrogens with zero attached hydrogens (tertiary/aromatic N) is 2. The normalized spacial score (nSPS) is 18.2.